The van der Waals surface area contributed by atoms with Crippen LogP contribution in [0.3, 0.4) is 0 Å². The lowest BCUT2D eigenvalue weighted by Gasteiger charge is -2.10. The summed E-state index contributed by atoms with van der Waals surface area (Å²) in [5.74, 6) is 0. The van der Waals surface area contributed by atoms with Crippen LogP contribution in [0.25, 0.3) is 0 Å². The number of benzene rings is 1. The maximum atomic E-state index is 11.3. The Morgan fingerprint density at radius 2 is 1.94 bits per heavy atom. The van der Waals surface area contributed by atoms with Crippen molar-refractivity contribution < 1.29 is 8.42 Å². The van der Waals surface area contributed by atoms with E-state index in [1.165, 1.54) is 18.9 Å². The van der Waals surface area contributed by atoms with Gasteiger partial charge < -0.3 is 10.6 Å². The molecule has 17 heavy (non-hydrogen) atoms. The van der Waals surface area contributed by atoms with Crippen molar-refractivity contribution in [3.63, 3.8) is 0 Å². The molecule has 0 aliphatic heterocycles. The molecule has 0 aromatic heterocycles. The Balaban J connectivity index is 1.94. The Kier molecular flexibility index (Phi) is 3.66. The average Bonchev–Trinajstić information content (AvgIpc) is 3.07. The SMILES string of the molecule is NS(=O)(=O)c1ccccc1NCCNC1CC1. The molecule has 0 atom stereocenters. The van der Waals surface area contributed by atoms with Crippen LogP contribution < -0.4 is 15.8 Å². The van der Waals surface area contributed by atoms with Crippen LogP contribution in [0.1, 0.15) is 12.8 Å². The van der Waals surface area contributed by atoms with E-state index in [9.17, 15) is 8.42 Å². The molecule has 0 radical (unpaired) electrons. The molecule has 6 heteroatoms. The summed E-state index contributed by atoms with van der Waals surface area (Å²) in [6, 6.07) is 7.33. The fraction of sp³-hybridized carbons (Fsp3) is 0.455. The Morgan fingerprint density at radius 1 is 1.24 bits per heavy atom. The van der Waals surface area contributed by atoms with Crippen LogP contribution in [0.2, 0.25) is 0 Å². The lowest BCUT2D eigenvalue weighted by molar-refractivity contribution is 0.598. The summed E-state index contributed by atoms with van der Waals surface area (Å²) in [6.45, 7) is 1.51. The summed E-state index contributed by atoms with van der Waals surface area (Å²) in [4.78, 5) is 0.145. The molecule has 94 valence electrons. The molecule has 0 amide bonds. The Hall–Kier alpha value is -1.11. The largest absolute Gasteiger partial charge is 0.383 e. The predicted molar refractivity (Wildman–Crippen MR) is 67.3 cm³/mol. The molecule has 0 spiro atoms. The van der Waals surface area contributed by atoms with Crippen molar-refractivity contribution in [1.82, 2.24) is 5.32 Å². The van der Waals surface area contributed by atoms with Crippen molar-refractivity contribution in [3.05, 3.63) is 24.3 Å². The second-order valence-corrected chi connectivity index (χ2v) is 5.73. The Morgan fingerprint density at radius 3 is 2.59 bits per heavy atom. The summed E-state index contributed by atoms with van der Waals surface area (Å²) in [5, 5.41) is 11.6. The number of para-hydroxylation sites is 1. The first-order chi connectivity index (χ1) is 8.07. The van der Waals surface area contributed by atoms with Crippen LogP contribution in [-0.4, -0.2) is 27.5 Å². The molecule has 1 fully saturated rings. The minimum absolute atomic E-state index is 0.145. The van der Waals surface area contributed by atoms with Crippen molar-refractivity contribution in [2.75, 3.05) is 18.4 Å². The summed E-state index contributed by atoms with van der Waals surface area (Å²) in [5.41, 5.74) is 0.563. The van der Waals surface area contributed by atoms with E-state index in [1.54, 1.807) is 18.2 Å². The van der Waals surface area contributed by atoms with Gasteiger partial charge >= 0.3 is 0 Å². The molecule has 1 saturated carbocycles. The smallest absolute Gasteiger partial charge is 0.240 e. The zero-order valence-electron chi connectivity index (χ0n) is 9.52. The molecule has 1 aromatic carbocycles. The van der Waals surface area contributed by atoms with Crippen molar-refractivity contribution in [3.8, 4) is 0 Å². The summed E-state index contributed by atoms with van der Waals surface area (Å²) in [7, 11) is -3.66. The van der Waals surface area contributed by atoms with Crippen LogP contribution >= 0.6 is 0 Å². The number of hydrogen-bond acceptors (Lipinski definition) is 4. The molecule has 4 N–H and O–H groups in total. The van der Waals surface area contributed by atoms with E-state index in [0.717, 1.165) is 6.54 Å². The van der Waals surface area contributed by atoms with Gasteiger partial charge in [-0.05, 0) is 25.0 Å². The molecular weight excluding hydrogens is 238 g/mol. The van der Waals surface area contributed by atoms with Gasteiger partial charge in [-0.1, -0.05) is 12.1 Å². The average molecular weight is 255 g/mol. The van der Waals surface area contributed by atoms with Crippen LogP contribution in [0.5, 0.6) is 0 Å². The van der Waals surface area contributed by atoms with Gasteiger partial charge in [-0.2, -0.15) is 0 Å². The normalized spacial score (nSPS) is 15.8. The Bertz CT molecular complexity index is 483. The van der Waals surface area contributed by atoms with Gasteiger partial charge in [-0.15, -0.1) is 0 Å². The van der Waals surface area contributed by atoms with Gasteiger partial charge in [0.05, 0.1) is 5.69 Å². The second kappa shape index (κ2) is 5.03. The summed E-state index contributed by atoms with van der Waals surface area (Å²) < 4.78 is 22.7. The van der Waals surface area contributed by atoms with Gasteiger partial charge in [0, 0.05) is 19.1 Å². The van der Waals surface area contributed by atoms with Gasteiger partial charge in [0.2, 0.25) is 10.0 Å². The maximum absolute atomic E-state index is 11.3. The molecule has 2 rings (SSSR count). The minimum Gasteiger partial charge on any atom is -0.383 e. The molecule has 1 aliphatic carbocycles. The standard InChI is InChI=1S/C11H17N3O2S/c12-17(15,16)11-4-2-1-3-10(11)14-8-7-13-9-5-6-9/h1-4,9,13-14H,5-8H2,(H2,12,15,16). The van der Waals surface area contributed by atoms with E-state index in [-0.39, 0.29) is 4.90 Å². The molecule has 0 saturated heterocycles. The molecule has 0 bridgehead atoms. The van der Waals surface area contributed by atoms with Crippen molar-refractivity contribution in [2.24, 2.45) is 5.14 Å². The van der Waals surface area contributed by atoms with Crippen molar-refractivity contribution in [2.45, 2.75) is 23.8 Å². The van der Waals surface area contributed by atoms with Crippen LogP contribution in [0, 0.1) is 0 Å². The fourth-order valence-corrected chi connectivity index (χ4v) is 2.34. The second-order valence-electron chi connectivity index (χ2n) is 4.20. The molecule has 5 nitrogen and oxygen atoms in total. The van der Waals surface area contributed by atoms with Gasteiger partial charge in [-0.25, -0.2) is 13.6 Å². The molecule has 0 heterocycles. The van der Waals surface area contributed by atoms with Gasteiger partial charge in [0.25, 0.3) is 0 Å². The van der Waals surface area contributed by atoms with Crippen LogP contribution in [-0.2, 0) is 10.0 Å². The van der Waals surface area contributed by atoms with E-state index < -0.39 is 10.0 Å². The first-order valence-corrected chi connectivity index (χ1v) is 7.21. The minimum atomic E-state index is -3.66. The molecule has 1 aliphatic rings. The van der Waals surface area contributed by atoms with Crippen LogP contribution in [0.4, 0.5) is 5.69 Å². The molecule has 1 aromatic rings. The van der Waals surface area contributed by atoms with E-state index in [0.29, 0.717) is 18.3 Å². The summed E-state index contributed by atoms with van der Waals surface area (Å²) in [6.07, 6.45) is 2.49. The highest BCUT2D eigenvalue weighted by atomic mass is 32.2. The zero-order chi connectivity index (χ0) is 12.3. The quantitative estimate of drug-likeness (QED) is 0.646. The molecule has 0 unspecified atom stereocenters. The summed E-state index contributed by atoms with van der Waals surface area (Å²) >= 11 is 0. The van der Waals surface area contributed by atoms with Crippen LogP contribution in [0.15, 0.2) is 29.2 Å². The third-order valence-corrected chi connectivity index (χ3v) is 3.61. The highest BCUT2D eigenvalue weighted by molar-refractivity contribution is 7.89. The monoisotopic (exact) mass is 255 g/mol. The Labute approximate surface area is 101 Å². The van der Waals surface area contributed by atoms with Gasteiger partial charge in [0.1, 0.15) is 4.90 Å². The van der Waals surface area contributed by atoms with Gasteiger partial charge in [-0.3, -0.25) is 0 Å². The topological polar surface area (TPSA) is 84.2 Å². The maximum Gasteiger partial charge on any atom is 0.240 e. The number of nitrogens with two attached hydrogens (primary N) is 1. The number of primary sulfonamides is 1. The van der Waals surface area contributed by atoms with Crippen molar-refractivity contribution >= 4 is 15.7 Å². The third-order valence-electron chi connectivity index (χ3n) is 2.64. The number of rotatable bonds is 6. The van der Waals surface area contributed by atoms with E-state index in [4.69, 9.17) is 5.14 Å². The highest BCUT2D eigenvalue weighted by Crippen LogP contribution is 2.19. The lowest BCUT2D eigenvalue weighted by atomic mass is 10.3. The first-order valence-electron chi connectivity index (χ1n) is 5.66. The molecular formula is C11H17N3O2S. The predicted octanol–water partition coefficient (Wildman–Crippen LogP) is 0.498. The van der Waals surface area contributed by atoms with E-state index >= 15 is 0 Å². The zero-order valence-corrected chi connectivity index (χ0v) is 10.3. The number of sulfonamides is 1. The first kappa shape index (κ1) is 12.3. The van der Waals surface area contributed by atoms with E-state index in [2.05, 4.69) is 10.6 Å². The number of anilines is 1. The number of nitrogens with one attached hydrogen (secondary N) is 2. The van der Waals surface area contributed by atoms with Crippen molar-refractivity contribution in [1.29, 1.82) is 0 Å². The fourth-order valence-electron chi connectivity index (χ4n) is 1.62. The highest BCUT2D eigenvalue weighted by Gasteiger charge is 2.19. The lowest BCUT2D eigenvalue weighted by Crippen LogP contribution is -2.24. The third kappa shape index (κ3) is 3.69. The van der Waals surface area contributed by atoms with Gasteiger partial charge in [0.15, 0.2) is 0 Å². The van der Waals surface area contributed by atoms with E-state index in [1.807, 2.05) is 0 Å². The number of hydrogen-bond donors (Lipinski definition) is 3.